The molecule has 2 aromatic carbocycles. The third-order valence-electron chi connectivity index (χ3n) is 3.72. The highest BCUT2D eigenvalue weighted by molar-refractivity contribution is 5.62. The predicted molar refractivity (Wildman–Crippen MR) is 76.6 cm³/mol. The van der Waals surface area contributed by atoms with E-state index in [0.717, 1.165) is 31.1 Å². The van der Waals surface area contributed by atoms with Gasteiger partial charge in [-0.15, -0.1) is 0 Å². The van der Waals surface area contributed by atoms with Crippen LogP contribution in [0.4, 0.5) is 20.2 Å². The molecule has 0 aliphatic carbocycles. The van der Waals surface area contributed by atoms with E-state index in [1.807, 2.05) is 18.2 Å². The van der Waals surface area contributed by atoms with Crippen molar-refractivity contribution >= 4 is 11.4 Å². The summed E-state index contributed by atoms with van der Waals surface area (Å²) in [6.07, 6.45) is 2.01. The van der Waals surface area contributed by atoms with Gasteiger partial charge in [-0.05, 0) is 36.6 Å². The van der Waals surface area contributed by atoms with E-state index in [1.54, 1.807) is 6.07 Å². The first kappa shape index (κ1) is 12.9. The molecule has 2 aromatic rings. The Hall–Kier alpha value is -2.10. The number of hydrogen-bond donors (Lipinski definition) is 1. The number of benzene rings is 2. The molecule has 0 atom stereocenters. The molecular weight excluding hydrogens is 258 g/mol. The summed E-state index contributed by atoms with van der Waals surface area (Å²) in [7, 11) is 0. The molecule has 20 heavy (non-hydrogen) atoms. The summed E-state index contributed by atoms with van der Waals surface area (Å²) in [5, 5.41) is 0. The highest BCUT2D eigenvalue weighted by Gasteiger charge is 2.19. The fourth-order valence-corrected chi connectivity index (χ4v) is 2.71. The highest BCUT2D eigenvalue weighted by Crippen LogP contribution is 2.30. The van der Waals surface area contributed by atoms with Crippen LogP contribution in [-0.4, -0.2) is 6.54 Å². The number of hydrogen-bond acceptors (Lipinski definition) is 2. The molecule has 0 saturated carbocycles. The van der Waals surface area contributed by atoms with E-state index >= 15 is 0 Å². The van der Waals surface area contributed by atoms with Crippen LogP contribution in [0.5, 0.6) is 0 Å². The Labute approximate surface area is 116 Å². The van der Waals surface area contributed by atoms with Crippen LogP contribution in [0.25, 0.3) is 0 Å². The van der Waals surface area contributed by atoms with Gasteiger partial charge in [-0.2, -0.15) is 0 Å². The molecule has 1 aliphatic heterocycles. The molecule has 3 rings (SSSR count). The zero-order valence-corrected chi connectivity index (χ0v) is 11.1. The van der Waals surface area contributed by atoms with Crippen LogP contribution in [0.15, 0.2) is 36.4 Å². The van der Waals surface area contributed by atoms with Gasteiger partial charge in [0.2, 0.25) is 0 Å². The van der Waals surface area contributed by atoms with Crippen LogP contribution in [0.1, 0.15) is 17.5 Å². The van der Waals surface area contributed by atoms with Gasteiger partial charge in [0.25, 0.3) is 0 Å². The molecule has 0 amide bonds. The van der Waals surface area contributed by atoms with Gasteiger partial charge in [-0.25, -0.2) is 8.78 Å². The van der Waals surface area contributed by atoms with Gasteiger partial charge in [-0.1, -0.05) is 18.2 Å². The van der Waals surface area contributed by atoms with Crippen molar-refractivity contribution in [2.75, 3.05) is 17.2 Å². The average Bonchev–Trinajstić information content (AvgIpc) is 2.44. The minimum absolute atomic E-state index is 0.361. The lowest BCUT2D eigenvalue weighted by Crippen LogP contribution is -2.29. The number of anilines is 2. The summed E-state index contributed by atoms with van der Waals surface area (Å²) in [5.41, 5.74) is 9.13. The molecule has 4 heteroatoms. The zero-order valence-electron chi connectivity index (χ0n) is 11.1. The second kappa shape index (κ2) is 5.12. The molecule has 2 nitrogen and oxygen atoms in total. The SMILES string of the molecule is Nc1ccc2c(c1)N(Cc1cccc(F)c1F)CCC2. The molecule has 2 N–H and O–H groups in total. The first-order valence-corrected chi connectivity index (χ1v) is 6.71. The molecule has 1 aliphatic rings. The Kier molecular flexibility index (Phi) is 3.30. The molecule has 0 bridgehead atoms. The summed E-state index contributed by atoms with van der Waals surface area (Å²) < 4.78 is 27.1. The largest absolute Gasteiger partial charge is 0.399 e. The summed E-state index contributed by atoms with van der Waals surface area (Å²) in [5.74, 6) is -1.56. The first-order valence-electron chi connectivity index (χ1n) is 6.71. The topological polar surface area (TPSA) is 29.3 Å². The van der Waals surface area contributed by atoms with E-state index in [9.17, 15) is 8.78 Å². The standard InChI is InChI=1S/C16H16F2N2/c17-14-5-1-3-12(16(14)18)10-20-8-2-4-11-6-7-13(19)9-15(11)20/h1,3,5-7,9H,2,4,8,10,19H2. The van der Waals surface area contributed by atoms with Crippen LogP contribution in [0.3, 0.4) is 0 Å². The number of nitrogen functional groups attached to an aromatic ring is 1. The summed E-state index contributed by atoms with van der Waals surface area (Å²) in [6, 6.07) is 10.1. The average molecular weight is 274 g/mol. The summed E-state index contributed by atoms with van der Waals surface area (Å²) >= 11 is 0. The molecular formula is C16H16F2N2. The van der Waals surface area contributed by atoms with E-state index in [-0.39, 0.29) is 0 Å². The van der Waals surface area contributed by atoms with Crippen molar-refractivity contribution < 1.29 is 8.78 Å². The van der Waals surface area contributed by atoms with Gasteiger partial charge in [-0.3, -0.25) is 0 Å². The van der Waals surface area contributed by atoms with Crippen molar-refractivity contribution in [2.24, 2.45) is 0 Å². The quantitative estimate of drug-likeness (QED) is 0.849. The van der Waals surface area contributed by atoms with E-state index in [0.29, 0.717) is 17.8 Å². The third-order valence-corrected chi connectivity index (χ3v) is 3.72. The van der Waals surface area contributed by atoms with Crippen molar-refractivity contribution in [1.82, 2.24) is 0 Å². The molecule has 1 heterocycles. The van der Waals surface area contributed by atoms with Gasteiger partial charge < -0.3 is 10.6 Å². The van der Waals surface area contributed by atoms with Crippen molar-refractivity contribution in [3.8, 4) is 0 Å². The lowest BCUT2D eigenvalue weighted by Gasteiger charge is -2.31. The van der Waals surface area contributed by atoms with Crippen LogP contribution in [0.2, 0.25) is 0 Å². The predicted octanol–water partition coefficient (Wildman–Crippen LogP) is 3.50. The molecule has 0 radical (unpaired) electrons. The molecule has 0 unspecified atom stereocenters. The monoisotopic (exact) mass is 274 g/mol. The number of rotatable bonds is 2. The van der Waals surface area contributed by atoms with Crippen molar-refractivity contribution in [3.63, 3.8) is 0 Å². The lowest BCUT2D eigenvalue weighted by molar-refractivity contribution is 0.496. The number of halogens is 2. The minimum atomic E-state index is -0.799. The highest BCUT2D eigenvalue weighted by atomic mass is 19.2. The zero-order chi connectivity index (χ0) is 14.1. The van der Waals surface area contributed by atoms with E-state index in [4.69, 9.17) is 5.73 Å². The number of fused-ring (bicyclic) bond motifs is 1. The maximum absolute atomic E-state index is 13.8. The Bertz CT molecular complexity index is 640. The molecule has 104 valence electrons. The summed E-state index contributed by atoms with van der Waals surface area (Å²) in [4.78, 5) is 2.06. The molecule has 0 spiro atoms. The van der Waals surface area contributed by atoms with E-state index in [2.05, 4.69) is 4.90 Å². The number of aryl methyl sites for hydroxylation is 1. The van der Waals surface area contributed by atoms with E-state index in [1.165, 1.54) is 11.6 Å². The van der Waals surface area contributed by atoms with Crippen LogP contribution < -0.4 is 10.6 Å². The molecule has 0 aromatic heterocycles. The number of nitrogens with two attached hydrogens (primary N) is 1. The smallest absolute Gasteiger partial charge is 0.163 e. The Morgan fingerprint density at radius 2 is 2.00 bits per heavy atom. The lowest BCUT2D eigenvalue weighted by atomic mass is 10.0. The van der Waals surface area contributed by atoms with Crippen molar-refractivity contribution in [2.45, 2.75) is 19.4 Å². The second-order valence-electron chi connectivity index (χ2n) is 5.13. The Morgan fingerprint density at radius 3 is 2.85 bits per heavy atom. The Morgan fingerprint density at radius 1 is 1.15 bits per heavy atom. The molecule has 0 saturated heterocycles. The van der Waals surface area contributed by atoms with Crippen molar-refractivity contribution in [1.29, 1.82) is 0 Å². The van der Waals surface area contributed by atoms with Crippen LogP contribution in [0, 0.1) is 11.6 Å². The number of nitrogens with zero attached hydrogens (tertiary/aromatic N) is 1. The van der Waals surface area contributed by atoms with Gasteiger partial charge in [0, 0.05) is 30.0 Å². The van der Waals surface area contributed by atoms with Gasteiger partial charge in [0.15, 0.2) is 11.6 Å². The third kappa shape index (κ3) is 2.33. The fourth-order valence-electron chi connectivity index (χ4n) is 2.71. The maximum atomic E-state index is 13.8. The van der Waals surface area contributed by atoms with E-state index < -0.39 is 11.6 Å². The minimum Gasteiger partial charge on any atom is -0.399 e. The fraction of sp³-hybridized carbons (Fsp3) is 0.250. The molecule has 0 fully saturated rings. The first-order chi connectivity index (χ1) is 9.65. The van der Waals surface area contributed by atoms with Gasteiger partial charge in [0.05, 0.1) is 0 Å². The second-order valence-corrected chi connectivity index (χ2v) is 5.13. The van der Waals surface area contributed by atoms with Gasteiger partial charge >= 0.3 is 0 Å². The Balaban J connectivity index is 1.93. The van der Waals surface area contributed by atoms with Gasteiger partial charge in [0.1, 0.15) is 0 Å². The normalized spacial score (nSPS) is 14.2. The van der Waals surface area contributed by atoms with Crippen LogP contribution in [-0.2, 0) is 13.0 Å². The summed E-state index contributed by atoms with van der Waals surface area (Å²) in [6.45, 7) is 1.19. The van der Waals surface area contributed by atoms with Crippen molar-refractivity contribution in [3.05, 3.63) is 59.2 Å². The maximum Gasteiger partial charge on any atom is 0.163 e. The van der Waals surface area contributed by atoms with Crippen LogP contribution >= 0.6 is 0 Å².